The van der Waals surface area contributed by atoms with Crippen LogP contribution in [0.15, 0.2) is 101 Å². The molecule has 0 atom stereocenters. The van der Waals surface area contributed by atoms with Gasteiger partial charge >= 0.3 is 0 Å². The number of ether oxygens (including phenoxy) is 4. The summed E-state index contributed by atoms with van der Waals surface area (Å²) in [5.74, 6) is 4.54. The van der Waals surface area contributed by atoms with E-state index in [1.165, 1.54) is 0 Å². The predicted octanol–water partition coefficient (Wildman–Crippen LogP) is 4.09. The number of rotatable bonds is 4. The smallest absolute Gasteiger partial charge is 0.260 e. The van der Waals surface area contributed by atoms with E-state index in [4.69, 9.17) is 28.9 Å². The van der Waals surface area contributed by atoms with Gasteiger partial charge in [-0.25, -0.2) is 9.98 Å². The van der Waals surface area contributed by atoms with Crippen LogP contribution in [0, 0.1) is 0 Å². The lowest BCUT2D eigenvalue weighted by molar-refractivity contribution is 0.348. The van der Waals surface area contributed by atoms with Crippen LogP contribution in [0.5, 0.6) is 23.0 Å². The molecular formula is C34H23BN4O4. The van der Waals surface area contributed by atoms with Crippen LogP contribution in [0.1, 0.15) is 11.1 Å². The van der Waals surface area contributed by atoms with Crippen molar-refractivity contribution >= 4 is 34.9 Å². The van der Waals surface area contributed by atoms with Crippen LogP contribution in [-0.4, -0.2) is 54.8 Å². The van der Waals surface area contributed by atoms with Crippen molar-refractivity contribution in [1.29, 1.82) is 0 Å². The first-order chi connectivity index (χ1) is 21.3. The molecule has 0 N–H and O–H groups in total. The first-order valence-corrected chi connectivity index (χ1v) is 14.3. The molecule has 3 aromatic carbocycles. The molecule has 0 spiro atoms. The van der Waals surface area contributed by atoms with Crippen molar-refractivity contribution < 1.29 is 18.9 Å². The molecule has 2 aromatic heterocycles. The summed E-state index contributed by atoms with van der Waals surface area (Å²) in [6.45, 7) is 2.60. The fourth-order valence-electron chi connectivity index (χ4n) is 6.14. The molecule has 9 rings (SSSR count). The Hall–Kier alpha value is -5.44. The summed E-state index contributed by atoms with van der Waals surface area (Å²) >= 11 is 0. The quantitative estimate of drug-likeness (QED) is 0.301. The normalized spacial score (nSPS) is 15.6. The third-order valence-electron chi connectivity index (χ3n) is 8.19. The van der Waals surface area contributed by atoms with E-state index in [2.05, 4.69) is 46.4 Å². The molecule has 0 saturated carbocycles. The highest BCUT2D eigenvalue weighted by atomic mass is 16.5. The van der Waals surface area contributed by atoms with E-state index in [0.717, 1.165) is 73.0 Å². The summed E-state index contributed by atoms with van der Waals surface area (Å²) in [6.07, 6.45) is 3.62. The second kappa shape index (κ2) is 9.56. The van der Waals surface area contributed by atoms with Crippen molar-refractivity contribution in [3.63, 3.8) is 0 Å². The molecule has 0 saturated heterocycles. The van der Waals surface area contributed by atoms with E-state index >= 15 is 0 Å². The van der Waals surface area contributed by atoms with Crippen molar-refractivity contribution in [2.75, 3.05) is 26.3 Å². The zero-order valence-corrected chi connectivity index (χ0v) is 23.0. The molecule has 206 valence electrons. The average molecular weight is 562 g/mol. The van der Waals surface area contributed by atoms with Gasteiger partial charge in [0.2, 0.25) is 11.8 Å². The van der Waals surface area contributed by atoms with Gasteiger partial charge in [0.05, 0.1) is 35.6 Å². The summed E-state index contributed by atoms with van der Waals surface area (Å²) in [5.41, 5.74) is 8.67. The summed E-state index contributed by atoms with van der Waals surface area (Å²) in [7, 11) is 0. The molecule has 0 amide bonds. The Balaban J connectivity index is 1.08. The third kappa shape index (κ3) is 4.00. The van der Waals surface area contributed by atoms with E-state index < -0.39 is 0 Å². The molecule has 0 unspecified atom stereocenters. The van der Waals surface area contributed by atoms with Crippen LogP contribution < -0.4 is 25.9 Å². The number of benzene rings is 3. The SMILES string of the molecule is c1cc2c3c(c1)Oc1cc(-c4ccc(C5=NCCO5)cn4)ccc1B3c1ccc(-c3ccc(C4=NCCO4)cn3)cc1O2. The summed E-state index contributed by atoms with van der Waals surface area (Å²) in [4.78, 5) is 18.2. The molecule has 4 aliphatic rings. The number of aliphatic imine (C=N–C) groups is 2. The molecule has 8 nitrogen and oxygen atoms in total. The molecule has 9 heteroatoms. The monoisotopic (exact) mass is 562 g/mol. The topological polar surface area (TPSA) is 87.4 Å². The lowest BCUT2D eigenvalue weighted by Crippen LogP contribution is -2.57. The van der Waals surface area contributed by atoms with E-state index in [9.17, 15) is 0 Å². The van der Waals surface area contributed by atoms with E-state index in [-0.39, 0.29) is 6.71 Å². The lowest BCUT2D eigenvalue weighted by atomic mass is 9.35. The van der Waals surface area contributed by atoms with Crippen molar-refractivity contribution in [2.45, 2.75) is 0 Å². The second-order valence-corrected chi connectivity index (χ2v) is 10.7. The van der Waals surface area contributed by atoms with Crippen molar-refractivity contribution in [2.24, 2.45) is 9.98 Å². The Morgan fingerprint density at radius 3 is 1.49 bits per heavy atom. The Labute approximate surface area is 247 Å². The largest absolute Gasteiger partial charge is 0.475 e. The highest BCUT2D eigenvalue weighted by molar-refractivity contribution is 6.98. The first kappa shape index (κ1) is 24.2. The molecular weight excluding hydrogens is 539 g/mol. The van der Waals surface area contributed by atoms with Crippen LogP contribution in [0.3, 0.4) is 0 Å². The van der Waals surface area contributed by atoms with Crippen molar-refractivity contribution in [3.8, 4) is 45.5 Å². The number of aromatic nitrogens is 2. The highest BCUT2D eigenvalue weighted by Crippen LogP contribution is 2.36. The number of fused-ring (bicyclic) bond motifs is 4. The van der Waals surface area contributed by atoms with Crippen LogP contribution in [-0.2, 0) is 9.47 Å². The van der Waals surface area contributed by atoms with Crippen molar-refractivity contribution in [1.82, 2.24) is 9.97 Å². The van der Waals surface area contributed by atoms with Crippen LogP contribution >= 0.6 is 0 Å². The first-order valence-electron chi connectivity index (χ1n) is 14.3. The van der Waals surface area contributed by atoms with Gasteiger partial charge in [-0.15, -0.1) is 0 Å². The zero-order chi connectivity index (χ0) is 28.3. The zero-order valence-electron chi connectivity index (χ0n) is 23.0. The Kier molecular flexibility index (Phi) is 5.38. The lowest BCUT2D eigenvalue weighted by Gasteiger charge is -2.33. The minimum Gasteiger partial charge on any atom is -0.475 e. The fraction of sp³-hybridized carbons (Fsp3) is 0.118. The molecule has 6 heterocycles. The summed E-state index contributed by atoms with van der Waals surface area (Å²) < 4.78 is 24.1. The maximum Gasteiger partial charge on any atom is 0.260 e. The Morgan fingerprint density at radius 2 is 1.05 bits per heavy atom. The van der Waals surface area contributed by atoms with Gasteiger partial charge in [-0.05, 0) is 59.5 Å². The summed E-state index contributed by atoms with van der Waals surface area (Å²) in [5, 5.41) is 0. The average Bonchev–Trinajstić information content (AvgIpc) is 3.80. The third-order valence-corrected chi connectivity index (χ3v) is 8.19. The molecule has 0 fully saturated rings. The number of hydrogen-bond acceptors (Lipinski definition) is 8. The molecule has 5 aromatic rings. The van der Waals surface area contributed by atoms with Gasteiger partial charge in [-0.1, -0.05) is 30.3 Å². The molecule has 0 bridgehead atoms. The van der Waals surface area contributed by atoms with Gasteiger partial charge in [0.25, 0.3) is 6.71 Å². The standard InChI is InChI=1S/C34H23BN4O4/c1-2-28-32-29(3-1)43-31-17-21(27-11-7-23(19-39-27)34-37-13-15-41-34)5-9-25(31)35(32)24-8-4-20(16-30(24)42-28)26-10-6-22(18-38-26)33-36-12-14-40-33/h1-11,16-19H,12-15H2. The Morgan fingerprint density at radius 1 is 0.535 bits per heavy atom. The number of hydrogen-bond donors (Lipinski definition) is 0. The second-order valence-electron chi connectivity index (χ2n) is 10.7. The van der Waals surface area contributed by atoms with Crippen LogP contribution in [0.4, 0.5) is 0 Å². The maximum atomic E-state index is 6.48. The maximum absolute atomic E-state index is 6.48. The summed E-state index contributed by atoms with van der Waals surface area (Å²) in [6, 6.07) is 26.6. The van der Waals surface area contributed by atoms with Gasteiger partial charge in [0.1, 0.15) is 36.2 Å². The highest BCUT2D eigenvalue weighted by Gasteiger charge is 2.40. The Bertz CT molecular complexity index is 1850. The van der Waals surface area contributed by atoms with Gasteiger partial charge in [0.15, 0.2) is 0 Å². The molecule has 4 aliphatic heterocycles. The minimum atomic E-state index is -0.0254. The number of nitrogens with zero attached hydrogens (tertiary/aromatic N) is 4. The minimum absolute atomic E-state index is 0.0254. The van der Waals surface area contributed by atoms with Crippen molar-refractivity contribution in [3.05, 3.63) is 102 Å². The molecule has 0 radical (unpaired) electrons. The predicted molar refractivity (Wildman–Crippen MR) is 165 cm³/mol. The number of pyridine rings is 2. The van der Waals surface area contributed by atoms with Gasteiger partial charge in [-0.2, -0.15) is 0 Å². The van der Waals surface area contributed by atoms with Crippen LogP contribution in [0.25, 0.3) is 22.5 Å². The van der Waals surface area contributed by atoms with E-state index in [1.54, 1.807) is 0 Å². The van der Waals surface area contributed by atoms with Gasteiger partial charge in [-0.3, -0.25) is 9.97 Å². The van der Waals surface area contributed by atoms with E-state index in [1.807, 2.05) is 54.9 Å². The van der Waals surface area contributed by atoms with Gasteiger partial charge in [0, 0.05) is 29.0 Å². The van der Waals surface area contributed by atoms with Gasteiger partial charge < -0.3 is 18.9 Å². The van der Waals surface area contributed by atoms with E-state index in [0.29, 0.717) is 38.1 Å². The van der Waals surface area contributed by atoms with Crippen LogP contribution in [0.2, 0.25) is 0 Å². The molecule has 0 aliphatic carbocycles. The molecule has 43 heavy (non-hydrogen) atoms. The fourth-order valence-corrected chi connectivity index (χ4v) is 6.14.